The van der Waals surface area contributed by atoms with Gasteiger partial charge in [-0.2, -0.15) is 0 Å². The van der Waals surface area contributed by atoms with Crippen LogP contribution in [0.1, 0.15) is 16.7 Å². The van der Waals surface area contributed by atoms with E-state index >= 15 is 0 Å². The molecule has 1 N–H and O–H groups in total. The van der Waals surface area contributed by atoms with Crippen LogP contribution in [-0.2, 0) is 0 Å². The normalized spacial score (nSPS) is 14.0. The first kappa shape index (κ1) is 19.1. The van der Waals surface area contributed by atoms with Crippen molar-refractivity contribution in [2.24, 2.45) is 0 Å². The van der Waals surface area contributed by atoms with Crippen LogP contribution in [0.4, 0.5) is 16.2 Å². The van der Waals surface area contributed by atoms with Gasteiger partial charge in [0.25, 0.3) is 0 Å². The molecular weight excluding hydrogens is 334 g/mol. The van der Waals surface area contributed by atoms with Crippen LogP contribution < -0.4 is 10.2 Å². The van der Waals surface area contributed by atoms with E-state index in [-0.39, 0.29) is 18.4 Å². The van der Waals surface area contributed by atoms with Gasteiger partial charge >= 0.3 is 6.03 Å². The molecule has 1 aliphatic rings. The lowest BCUT2D eigenvalue weighted by Gasteiger charge is -2.37. The fourth-order valence-corrected chi connectivity index (χ4v) is 3.14. The number of amides is 2. The topological polar surface area (TPSA) is 35.6 Å². The maximum Gasteiger partial charge on any atom is 0.321 e. The molecule has 2 aromatic carbocycles. The third kappa shape index (κ3) is 4.26. The number of carbonyl (C=O) groups is 1. The lowest BCUT2D eigenvalue weighted by molar-refractivity contribution is 0.208. The maximum atomic E-state index is 12.5. The monoisotopic (exact) mass is 359 g/mol. The van der Waals surface area contributed by atoms with Gasteiger partial charge in [0.1, 0.15) is 0 Å². The highest BCUT2D eigenvalue weighted by molar-refractivity contribution is 5.90. The number of nitrogens with zero attached hydrogens (tertiary/aromatic N) is 2. The third-order valence-electron chi connectivity index (χ3n) is 4.87. The number of urea groups is 1. The minimum Gasteiger partial charge on any atom is -0.368 e. The Balaban J connectivity index is 0.00000225. The zero-order valence-corrected chi connectivity index (χ0v) is 15.9. The lowest BCUT2D eigenvalue weighted by Crippen LogP contribution is -2.50. The predicted molar refractivity (Wildman–Crippen MR) is 107 cm³/mol. The second-order valence-corrected chi connectivity index (χ2v) is 6.44. The SMILES string of the molecule is Cc1ccccc1NC(=O)N1CCN(c2cccc(C)c2C)CC1.Cl. The van der Waals surface area contributed by atoms with E-state index < -0.39 is 0 Å². The number of rotatable bonds is 2. The van der Waals surface area contributed by atoms with Crippen LogP contribution in [0.2, 0.25) is 0 Å². The second kappa shape index (κ2) is 8.26. The van der Waals surface area contributed by atoms with Crippen LogP contribution in [-0.4, -0.2) is 37.1 Å². The van der Waals surface area contributed by atoms with Gasteiger partial charge in [-0.1, -0.05) is 30.3 Å². The Labute approximate surface area is 156 Å². The van der Waals surface area contributed by atoms with Gasteiger partial charge < -0.3 is 15.1 Å². The number of anilines is 2. The molecule has 134 valence electrons. The van der Waals surface area contributed by atoms with Crippen LogP contribution in [0.25, 0.3) is 0 Å². The average Bonchev–Trinajstić information content (AvgIpc) is 2.59. The van der Waals surface area contributed by atoms with Gasteiger partial charge in [0, 0.05) is 37.6 Å². The van der Waals surface area contributed by atoms with Crippen LogP contribution in [0.5, 0.6) is 0 Å². The molecule has 1 fully saturated rings. The Bertz CT molecular complexity index is 739. The standard InChI is InChI=1S/C20H25N3O.ClH/c1-15-8-6-10-19(17(15)3)22-11-13-23(14-12-22)20(24)21-18-9-5-4-7-16(18)2;/h4-10H,11-14H2,1-3H3,(H,21,24);1H. The summed E-state index contributed by atoms with van der Waals surface area (Å²) in [7, 11) is 0. The highest BCUT2D eigenvalue weighted by Crippen LogP contribution is 2.24. The number of para-hydroxylation sites is 1. The Morgan fingerprint density at radius 3 is 2.20 bits per heavy atom. The summed E-state index contributed by atoms with van der Waals surface area (Å²) in [5.74, 6) is 0. The van der Waals surface area contributed by atoms with Crippen molar-refractivity contribution < 1.29 is 4.79 Å². The molecular formula is C20H26ClN3O. The molecule has 0 saturated carbocycles. The van der Waals surface area contributed by atoms with E-state index in [2.05, 4.69) is 42.3 Å². The molecule has 4 nitrogen and oxygen atoms in total. The van der Waals surface area contributed by atoms with Gasteiger partial charge in [-0.15, -0.1) is 12.4 Å². The van der Waals surface area contributed by atoms with Gasteiger partial charge in [0.05, 0.1) is 0 Å². The fourth-order valence-electron chi connectivity index (χ4n) is 3.14. The van der Waals surface area contributed by atoms with E-state index in [1.165, 1.54) is 16.8 Å². The molecule has 25 heavy (non-hydrogen) atoms. The molecule has 0 spiro atoms. The fraction of sp³-hybridized carbons (Fsp3) is 0.350. The summed E-state index contributed by atoms with van der Waals surface area (Å²) in [5, 5.41) is 3.02. The number of hydrogen-bond acceptors (Lipinski definition) is 2. The molecule has 0 atom stereocenters. The molecule has 0 aliphatic carbocycles. The molecule has 3 rings (SSSR count). The van der Waals surface area contributed by atoms with Crippen LogP contribution in [0.3, 0.4) is 0 Å². The van der Waals surface area contributed by atoms with Crippen LogP contribution in [0.15, 0.2) is 42.5 Å². The molecule has 0 bridgehead atoms. The van der Waals surface area contributed by atoms with E-state index in [1.807, 2.05) is 36.1 Å². The molecule has 0 radical (unpaired) electrons. The zero-order valence-electron chi connectivity index (χ0n) is 15.1. The Morgan fingerprint density at radius 1 is 0.880 bits per heavy atom. The van der Waals surface area contributed by atoms with Crippen molar-refractivity contribution in [2.45, 2.75) is 20.8 Å². The molecule has 0 unspecified atom stereocenters. The van der Waals surface area contributed by atoms with Crippen molar-refractivity contribution in [1.82, 2.24) is 4.90 Å². The number of piperazine rings is 1. The summed E-state index contributed by atoms with van der Waals surface area (Å²) in [6, 6.07) is 14.3. The number of hydrogen-bond donors (Lipinski definition) is 1. The van der Waals surface area contributed by atoms with E-state index in [0.29, 0.717) is 0 Å². The first-order chi connectivity index (χ1) is 11.6. The van der Waals surface area contributed by atoms with Crippen molar-refractivity contribution in [3.8, 4) is 0 Å². The maximum absolute atomic E-state index is 12.5. The summed E-state index contributed by atoms with van der Waals surface area (Å²) in [6.07, 6.45) is 0. The van der Waals surface area contributed by atoms with Crippen LogP contribution in [0, 0.1) is 20.8 Å². The van der Waals surface area contributed by atoms with E-state index in [1.54, 1.807) is 0 Å². The second-order valence-electron chi connectivity index (χ2n) is 6.44. The van der Waals surface area contributed by atoms with Crippen molar-refractivity contribution in [3.63, 3.8) is 0 Å². The quantitative estimate of drug-likeness (QED) is 0.863. The Kier molecular flexibility index (Phi) is 6.32. The molecule has 5 heteroatoms. The molecule has 1 heterocycles. The number of aryl methyl sites for hydroxylation is 2. The zero-order chi connectivity index (χ0) is 17.1. The van der Waals surface area contributed by atoms with E-state index in [4.69, 9.17) is 0 Å². The lowest BCUT2D eigenvalue weighted by atomic mass is 10.1. The van der Waals surface area contributed by atoms with Gasteiger partial charge in [0.15, 0.2) is 0 Å². The third-order valence-corrected chi connectivity index (χ3v) is 4.87. The molecule has 1 aliphatic heterocycles. The first-order valence-electron chi connectivity index (χ1n) is 8.49. The van der Waals surface area contributed by atoms with Gasteiger partial charge in [-0.05, 0) is 49.6 Å². The predicted octanol–water partition coefficient (Wildman–Crippen LogP) is 4.39. The number of benzene rings is 2. The summed E-state index contributed by atoms with van der Waals surface area (Å²) >= 11 is 0. The largest absolute Gasteiger partial charge is 0.368 e. The molecule has 1 saturated heterocycles. The van der Waals surface area contributed by atoms with Crippen molar-refractivity contribution in [1.29, 1.82) is 0 Å². The van der Waals surface area contributed by atoms with Crippen molar-refractivity contribution in [2.75, 3.05) is 36.4 Å². The van der Waals surface area contributed by atoms with Crippen molar-refractivity contribution >= 4 is 29.8 Å². The smallest absolute Gasteiger partial charge is 0.321 e. The van der Waals surface area contributed by atoms with Gasteiger partial charge in [-0.3, -0.25) is 0 Å². The minimum absolute atomic E-state index is 0. The average molecular weight is 360 g/mol. The van der Waals surface area contributed by atoms with E-state index in [9.17, 15) is 4.79 Å². The van der Waals surface area contributed by atoms with Crippen molar-refractivity contribution in [3.05, 3.63) is 59.2 Å². The Morgan fingerprint density at radius 2 is 1.52 bits per heavy atom. The van der Waals surface area contributed by atoms with Crippen LogP contribution >= 0.6 is 12.4 Å². The summed E-state index contributed by atoms with van der Waals surface area (Å²) in [5.41, 5.74) is 5.90. The van der Waals surface area contributed by atoms with E-state index in [0.717, 1.165) is 37.4 Å². The highest BCUT2D eigenvalue weighted by Gasteiger charge is 2.22. The molecule has 2 aromatic rings. The minimum atomic E-state index is -0.00934. The van der Waals surface area contributed by atoms with Gasteiger partial charge in [-0.25, -0.2) is 4.79 Å². The Hall–Kier alpha value is -2.20. The van der Waals surface area contributed by atoms with Gasteiger partial charge in [0.2, 0.25) is 0 Å². The summed E-state index contributed by atoms with van der Waals surface area (Å²) < 4.78 is 0. The first-order valence-corrected chi connectivity index (χ1v) is 8.49. The number of halogens is 1. The molecule has 2 amide bonds. The number of carbonyl (C=O) groups excluding carboxylic acids is 1. The molecule has 0 aromatic heterocycles. The summed E-state index contributed by atoms with van der Waals surface area (Å²) in [4.78, 5) is 16.8. The summed E-state index contributed by atoms with van der Waals surface area (Å²) in [6.45, 7) is 9.54. The highest BCUT2D eigenvalue weighted by atomic mass is 35.5. The number of nitrogens with one attached hydrogen (secondary N) is 1.